The van der Waals surface area contributed by atoms with Gasteiger partial charge in [-0.15, -0.1) is 0 Å². The Balaban J connectivity index is 2.59. The summed E-state index contributed by atoms with van der Waals surface area (Å²) in [6.45, 7) is 4.12. The van der Waals surface area contributed by atoms with Gasteiger partial charge in [-0.3, -0.25) is 14.4 Å². The highest BCUT2D eigenvalue weighted by Gasteiger charge is 2.27. The zero-order chi connectivity index (χ0) is 14.4. The topological polar surface area (TPSA) is 89.9 Å². The molecule has 2 amide bonds. The first kappa shape index (κ1) is 15.4. The third-order valence-electron chi connectivity index (χ3n) is 3.14. The fourth-order valence-corrected chi connectivity index (χ4v) is 2.02. The second-order valence-corrected chi connectivity index (χ2v) is 4.81. The summed E-state index contributed by atoms with van der Waals surface area (Å²) in [5.74, 6) is -1.48. The summed E-state index contributed by atoms with van der Waals surface area (Å²) in [5.41, 5.74) is 0. The summed E-state index contributed by atoms with van der Waals surface area (Å²) in [6.07, 6.45) is -0.00941. The lowest BCUT2D eigenvalue weighted by molar-refractivity contribution is -0.140. The summed E-state index contributed by atoms with van der Waals surface area (Å²) in [7, 11) is 1.98. The molecule has 2 N–H and O–H groups in total. The van der Waals surface area contributed by atoms with Gasteiger partial charge in [-0.05, 0) is 13.5 Å². The van der Waals surface area contributed by atoms with Crippen LogP contribution in [0.2, 0.25) is 0 Å². The fraction of sp³-hybridized carbons (Fsp3) is 0.750. The number of hydrogen-bond donors (Lipinski definition) is 2. The largest absolute Gasteiger partial charge is 0.481 e. The monoisotopic (exact) mass is 271 g/mol. The number of carboxylic acid groups (broad SMARTS) is 1. The first-order valence-corrected chi connectivity index (χ1v) is 6.36. The van der Waals surface area contributed by atoms with E-state index in [1.165, 1.54) is 6.92 Å². The van der Waals surface area contributed by atoms with Crippen molar-refractivity contribution in [3.63, 3.8) is 0 Å². The van der Waals surface area contributed by atoms with Gasteiger partial charge in [-0.25, -0.2) is 0 Å². The van der Waals surface area contributed by atoms with Crippen molar-refractivity contribution in [3.05, 3.63) is 0 Å². The maximum Gasteiger partial charge on any atom is 0.303 e. The minimum Gasteiger partial charge on any atom is -0.481 e. The van der Waals surface area contributed by atoms with Gasteiger partial charge >= 0.3 is 5.97 Å². The summed E-state index contributed by atoms with van der Waals surface area (Å²) < 4.78 is 0. The molecule has 1 fully saturated rings. The van der Waals surface area contributed by atoms with Crippen molar-refractivity contribution in [1.29, 1.82) is 0 Å². The van der Waals surface area contributed by atoms with Gasteiger partial charge < -0.3 is 20.2 Å². The molecule has 19 heavy (non-hydrogen) atoms. The van der Waals surface area contributed by atoms with E-state index in [2.05, 4.69) is 10.2 Å². The molecule has 1 aliphatic heterocycles. The Kier molecular flexibility index (Phi) is 5.75. The summed E-state index contributed by atoms with van der Waals surface area (Å²) in [6, 6.07) is -0.739. The highest BCUT2D eigenvalue weighted by Crippen LogP contribution is 2.07. The molecule has 1 atom stereocenters. The number of piperazine rings is 1. The smallest absolute Gasteiger partial charge is 0.303 e. The molecule has 1 heterocycles. The van der Waals surface area contributed by atoms with Gasteiger partial charge in [0.1, 0.15) is 6.04 Å². The molecule has 7 heteroatoms. The van der Waals surface area contributed by atoms with E-state index in [1.807, 2.05) is 7.05 Å². The van der Waals surface area contributed by atoms with Gasteiger partial charge in [0.25, 0.3) is 0 Å². The molecule has 0 aromatic heterocycles. The molecule has 108 valence electrons. The van der Waals surface area contributed by atoms with Crippen molar-refractivity contribution in [2.75, 3.05) is 33.2 Å². The Bertz CT molecular complexity index is 351. The van der Waals surface area contributed by atoms with Crippen LogP contribution in [-0.4, -0.2) is 72.0 Å². The third kappa shape index (κ3) is 5.25. The lowest BCUT2D eigenvalue weighted by Crippen LogP contribution is -2.54. The van der Waals surface area contributed by atoms with Crippen LogP contribution in [0.5, 0.6) is 0 Å². The minimum atomic E-state index is -0.971. The molecule has 7 nitrogen and oxygen atoms in total. The van der Waals surface area contributed by atoms with Crippen LogP contribution in [0.25, 0.3) is 0 Å². The van der Waals surface area contributed by atoms with E-state index in [-0.39, 0.29) is 24.7 Å². The standard InChI is InChI=1S/C12H21N3O4/c1-9(16)13-10(3-4-11(17)18)12(19)15-7-5-14(2)6-8-15/h10H,3-8H2,1-2H3,(H,13,16)(H,17,18). The van der Waals surface area contributed by atoms with Crippen LogP contribution in [0.15, 0.2) is 0 Å². The number of carboxylic acids is 1. The zero-order valence-corrected chi connectivity index (χ0v) is 11.4. The Labute approximate surface area is 112 Å². The molecule has 1 unspecified atom stereocenters. The minimum absolute atomic E-state index is 0.125. The first-order chi connectivity index (χ1) is 8.90. The molecule has 0 aromatic carbocycles. The van der Waals surface area contributed by atoms with Crippen molar-refractivity contribution in [1.82, 2.24) is 15.1 Å². The molecule has 0 radical (unpaired) electrons. The molecule has 0 aliphatic carbocycles. The first-order valence-electron chi connectivity index (χ1n) is 6.36. The maximum absolute atomic E-state index is 12.3. The van der Waals surface area contributed by atoms with Crippen molar-refractivity contribution in [2.24, 2.45) is 0 Å². The van der Waals surface area contributed by atoms with Crippen molar-refractivity contribution in [3.8, 4) is 0 Å². The normalized spacial score (nSPS) is 17.9. The van der Waals surface area contributed by atoms with E-state index in [9.17, 15) is 14.4 Å². The number of nitrogens with zero attached hydrogens (tertiary/aromatic N) is 2. The predicted molar refractivity (Wildman–Crippen MR) is 68.6 cm³/mol. The highest BCUT2D eigenvalue weighted by molar-refractivity contribution is 5.87. The van der Waals surface area contributed by atoms with Crippen molar-refractivity contribution >= 4 is 17.8 Å². The average molecular weight is 271 g/mol. The lowest BCUT2D eigenvalue weighted by atomic mass is 10.1. The molecule has 1 saturated heterocycles. The van der Waals surface area contributed by atoms with Gasteiger partial charge in [0.05, 0.1) is 0 Å². The number of nitrogens with one attached hydrogen (secondary N) is 1. The number of likely N-dealkylation sites (N-methyl/N-ethyl adjacent to an activating group) is 1. The molecule has 0 spiro atoms. The van der Waals surface area contributed by atoms with Gasteiger partial charge in [0.15, 0.2) is 0 Å². The van der Waals surface area contributed by atoms with E-state index in [4.69, 9.17) is 5.11 Å². The number of amides is 2. The third-order valence-corrected chi connectivity index (χ3v) is 3.14. The number of hydrogen-bond acceptors (Lipinski definition) is 4. The fourth-order valence-electron chi connectivity index (χ4n) is 2.02. The molecular weight excluding hydrogens is 250 g/mol. The van der Waals surface area contributed by atoms with Crippen LogP contribution in [0.3, 0.4) is 0 Å². The molecule has 0 saturated carbocycles. The SMILES string of the molecule is CC(=O)NC(CCC(=O)O)C(=O)N1CCN(C)CC1. The number of carbonyl (C=O) groups is 3. The zero-order valence-electron chi connectivity index (χ0n) is 11.4. The molecule has 1 aliphatic rings. The average Bonchev–Trinajstić information content (AvgIpc) is 2.34. The van der Waals surface area contributed by atoms with E-state index >= 15 is 0 Å². The predicted octanol–water partition coefficient (Wildman–Crippen LogP) is -0.870. The van der Waals surface area contributed by atoms with Gasteiger partial charge in [-0.2, -0.15) is 0 Å². The van der Waals surface area contributed by atoms with Crippen LogP contribution in [0.1, 0.15) is 19.8 Å². The highest BCUT2D eigenvalue weighted by atomic mass is 16.4. The van der Waals surface area contributed by atoms with Crippen LogP contribution in [0.4, 0.5) is 0 Å². The molecule has 0 aromatic rings. The lowest BCUT2D eigenvalue weighted by Gasteiger charge is -2.34. The van der Waals surface area contributed by atoms with Gasteiger partial charge in [-0.1, -0.05) is 0 Å². The van der Waals surface area contributed by atoms with E-state index in [0.717, 1.165) is 13.1 Å². The maximum atomic E-state index is 12.3. The van der Waals surface area contributed by atoms with E-state index < -0.39 is 12.0 Å². The molecule has 1 rings (SSSR count). The van der Waals surface area contributed by atoms with E-state index in [0.29, 0.717) is 13.1 Å². The second-order valence-electron chi connectivity index (χ2n) is 4.81. The van der Waals surface area contributed by atoms with Crippen molar-refractivity contribution < 1.29 is 19.5 Å². The summed E-state index contributed by atoms with van der Waals surface area (Å²) in [5, 5.41) is 11.2. The number of aliphatic carboxylic acids is 1. The number of carbonyl (C=O) groups excluding carboxylic acids is 2. The summed E-state index contributed by atoms with van der Waals surface area (Å²) in [4.78, 5) is 37.7. The van der Waals surface area contributed by atoms with Crippen LogP contribution < -0.4 is 5.32 Å². The number of rotatable bonds is 5. The van der Waals surface area contributed by atoms with Crippen LogP contribution >= 0.6 is 0 Å². The Morgan fingerprint density at radius 2 is 1.79 bits per heavy atom. The molecular formula is C12H21N3O4. The van der Waals surface area contributed by atoms with Crippen molar-refractivity contribution in [2.45, 2.75) is 25.8 Å². The van der Waals surface area contributed by atoms with Gasteiger partial charge in [0, 0.05) is 39.5 Å². The van der Waals surface area contributed by atoms with E-state index in [1.54, 1.807) is 4.90 Å². The van der Waals surface area contributed by atoms with Gasteiger partial charge in [0.2, 0.25) is 11.8 Å². The Hall–Kier alpha value is -1.63. The Morgan fingerprint density at radius 1 is 1.21 bits per heavy atom. The second kappa shape index (κ2) is 7.08. The van der Waals surface area contributed by atoms with Crippen LogP contribution in [0, 0.1) is 0 Å². The molecule has 0 bridgehead atoms. The quantitative estimate of drug-likeness (QED) is 0.678. The Morgan fingerprint density at radius 3 is 2.26 bits per heavy atom. The van der Waals surface area contributed by atoms with Crippen LogP contribution in [-0.2, 0) is 14.4 Å². The summed E-state index contributed by atoms with van der Waals surface area (Å²) >= 11 is 0.